The summed E-state index contributed by atoms with van der Waals surface area (Å²) in [6, 6.07) is 1.80. The van der Waals surface area contributed by atoms with Crippen LogP contribution in [-0.2, 0) is 0 Å². The SMILES string of the molecule is CC(N)c1ncnn1-c1ncc(C#N)s1.Cl. The Hall–Kier alpha value is -1.49. The Kier molecular flexibility index (Phi) is 3.95. The Morgan fingerprint density at radius 1 is 1.56 bits per heavy atom. The first-order valence-electron chi connectivity index (χ1n) is 4.24. The summed E-state index contributed by atoms with van der Waals surface area (Å²) in [6.07, 6.45) is 2.93. The van der Waals surface area contributed by atoms with Gasteiger partial charge in [-0.25, -0.2) is 9.97 Å². The van der Waals surface area contributed by atoms with Crippen LogP contribution in [0.1, 0.15) is 23.7 Å². The van der Waals surface area contributed by atoms with E-state index in [0.29, 0.717) is 15.8 Å². The second kappa shape index (κ2) is 5.03. The molecule has 0 saturated heterocycles. The van der Waals surface area contributed by atoms with Gasteiger partial charge in [-0.1, -0.05) is 11.3 Å². The molecule has 0 aliphatic rings. The molecule has 2 aromatic heterocycles. The maximum atomic E-state index is 8.68. The molecule has 2 rings (SSSR count). The van der Waals surface area contributed by atoms with Gasteiger partial charge >= 0.3 is 0 Å². The predicted octanol–water partition coefficient (Wildman–Crippen LogP) is 1.04. The molecule has 0 aliphatic carbocycles. The van der Waals surface area contributed by atoms with Crippen molar-refractivity contribution in [3.8, 4) is 11.2 Å². The Balaban J connectivity index is 0.00000128. The minimum absolute atomic E-state index is 0. The molecular formula is C8H9ClN6S. The molecule has 0 amide bonds. The molecule has 0 spiro atoms. The highest BCUT2D eigenvalue weighted by molar-refractivity contribution is 7.14. The summed E-state index contributed by atoms with van der Waals surface area (Å²) in [6.45, 7) is 1.82. The van der Waals surface area contributed by atoms with Crippen molar-refractivity contribution in [2.24, 2.45) is 5.73 Å². The van der Waals surface area contributed by atoms with Gasteiger partial charge in [0, 0.05) is 0 Å². The topological polar surface area (TPSA) is 93.4 Å². The third-order valence-corrected chi connectivity index (χ3v) is 2.64. The van der Waals surface area contributed by atoms with E-state index in [-0.39, 0.29) is 18.4 Å². The maximum absolute atomic E-state index is 8.68. The predicted molar refractivity (Wildman–Crippen MR) is 61.6 cm³/mol. The van der Waals surface area contributed by atoms with E-state index in [0.717, 1.165) is 0 Å². The van der Waals surface area contributed by atoms with Crippen molar-refractivity contribution in [1.82, 2.24) is 19.7 Å². The van der Waals surface area contributed by atoms with Crippen LogP contribution in [0.15, 0.2) is 12.5 Å². The number of hydrogen-bond acceptors (Lipinski definition) is 6. The Morgan fingerprint density at radius 2 is 2.31 bits per heavy atom. The van der Waals surface area contributed by atoms with Gasteiger partial charge in [-0.15, -0.1) is 12.4 Å². The molecule has 0 aliphatic heterocycles. The van der Waals surface area contributed by atoms with E-state index in [1.165, 1.54) is 23.9 Å². The smallest absolute Gasteiger partial charge is 0.213 e. The second-order valence-corrected chi connectivity index (χ2v) is 3.95. The standard InChI is InChI=1S/C8H8N6S.ClH/c1-5(10)7-12-4-13-14(7)8-11-3-6(2-9)15-8;/h3-5H,10H2,1H3;1H. The lowest BCUT2D eigenvalue weighted by Gasteiger charge is -2.04. The lowest BCUT2D eigenvalue weighted by atomic mass is 10.3. The fourth-order valence-electron chi connectivity index (χ4n) is 1.12. The first-order chi connectivity index (χ1) is 7.22. The maximum Gasteiger partial charge on any atom is 0.213 e. The number of aromatic nitrogens is 4. The van der Waals surface area contributed by atoms with Crippen LogP contribution < -0.4 is 5.73 Å². The quantitative estimate of drug-likeness (QED) is 0.866. The zero-order chi connectivity index (χ0) is 10.8. The molecule has 0 bridgehead atoms. The van der Waals surface area contributed by atoms with Crippen LogP contribution in [0.5, 0.6) is 0 Å². The largest absolute Gasteiger partial charge is 0.322 e. The number of hydrogen-bond donors (Lipinski definition) is 1. The van der Waals surface area contributed by atoms with Crippen molar-refractivity contribution in [2.45, 2.75) is 13.0 Å². The van der Waals surface area contributed by atoms with Gasteiger partial charge in [0.1, 0.15) is 17.3 Å². The zero-order valence-corrected chi connectivity index (χ0v) is 9.99. The van der Waals surface area contributed by atoms with Gasteiger partial charge in [0.15, 0.2) is 5.82 Å². The van der Waals surface area contributed by atoms with Gasteiger partial charge in [0.2, 0.25) is 5.13 Å². The lowest BCUT2D eigenvalue weighted by Crippen LogP contribution is -2.13. The Morgan fingerprint density at radius 3 is 2.88 bits per heavy atom. The highest BCUT2D eigenvalue weighted by atomic mass is 35.5. The fourth-order valence-corrected chi connectivity index (χ4v) is 1.80. The summed E-state index contributed by atoms with van der Waals surface area (Å²) >= 11 is 1.25. The zero-order valence-electron chi connectivity index (χ0n) is 8.36. The number of nitrogens with two attached hydrogens (primary N) is 1. The molecule has 1 unspecified atom stereocenters. The van der Waals surface area contributed by atoms with Gasteiger partial charge in [0.25, 0.3) is 0 Å². The first kappa shape index (κ1) is 12.6. The second-order valence-electron chi connectivity index (χ2n) is 2.94. The average molecular weight is 257 g/mol. The number of halogens is 1. The summed E-state index contributed by atoms with van der Waals surface area (Å²) < 4.78 is 1.55. The number of nitriles is 1. The fraction of sp³-hybridized carbons (Fsp3) is 0.250. The van der Waals surface area contributed by atoms with Crippen molar-refractivity contribution < 1.29 is 0 Å². The molecule has 84 valence electrons. The molecule has 1 atom stereocenters. The third-order valence-electron chi connectivity index (χ3n) is 1.77. The number of nitrogens with zero attached hydrogens (tertiary/aromatic N) is 5. The average Bonchev–Trinajstić information content (AvgIpc) is 2.85. The number of rotatable bonds is 2. The monoisotopic (exact) mass is 256 g/mol. The molecule has 2 heterocycles. The van der Waals surface area contributed by atoms with Gasteiger partial charge in [0.05, 0.1) is 12.2 Å². The highest BCUT2D eigenvalue weighted by Gasteiger charge is 2.13. The van der Waals surface area contributed by atoms with Crippen LogP contribution in [0.4, 0.5) is 0 Å². The van der Waals surface area contributed by atoms with Gasteiger partial charge in [-0.3, -0.25) is 0 Å². The summed E-state index contributed by atoms with van der Waals surface area (Å²) in [5.74, 6) is 0.633. The molecule has 2 N–H and O–H groups in total. The van der Waals surface area contributed by atoms with E-state index >= 15 is 0 Å². The molecule has 0 aromatic carbocycles. The highest BCUT2D eigenvalue weighted by Crippen LogP contribution is 2.18. The van der Waals surface area contributed by atoms with E-state index in [9.17, 15) is 0 Å². The molecule has 8 heteroatoms. The molecule has 2 aromatic rings. The Bertz CT molecular complexity index is 511. The minimum Gasteiger partial charge on any atom is -0.322 e. The van der Waals surface area contributed by atoms with Crippen LogP contribution >= 0.6 is 23.7 Å². The van der Waals surface area contributed by atoms with Crippen LogP contribution in [0.3, 0.4) is 0 Å². The van der Waals surface area contributed by atoms with Gasteiger partial charge < -0.3 is 5.73 Å². The van der Waals surface area contributed by atoms with Gasteiger partial charge in [-0.2, -0.15) is 15.0 Å². The van der Waals surface area contributed by atoms with E-state index in [1.807, 2.05) is 13.0 Å². The molecule has 16 heavy (non-hydrogen) atoms. The van der Waals surface area contributed by atoms with E-state index in [4.69, 9.17) is 11.0 Å². The molecular weight excluding hydrogens is 248 g/mol. The van der Waals surface area contributed by atoms with Crippen molar-refractivity contribution >= 4 is 23.7 Å². The molecule has 0 saturated carbocycles. The van der Waals surface area contributed by atoms with Gasteiger partial charge in [-0.05, 0) is 6.92 Å². The minimum atomic E-state index is -0.220. The summed E-state index contributed by atoms with van der Waals surface area (Å²) in [5, 5.41) is 13.3. The molecule has 6 nitrogen and oxygen atoms in total. The van der Waals surface area contributed by atoms with Crippen molar-refractivity contribution in [2.75, 3.05) is 0 Å². The summed E-state index contributed by atoms with van der Waals surface area (Å²) in [5.41, 5.74) is 5.72. The third kappa shape index (κ3) is 2.19. The Labute approximate surface area is 102 Å². The van der Waals surface area contributed by atoms with Crippen LogP contribution in [0.2, 0.25) is 0 Å². The van der Waals surface area contributed by atoms with Crippen LogP contribution in [0, 0.1) is 11.3 Å². The van der Waals surface area contributed by atoms with Crippen molar-refractivity contribution in [1.29, 1.82) is 5.26 Å². The van der Waals surface area contributed by atoms with Crippen LogP contribution in [-0.4, -0.2) is 19.7 Å². The summed E-state index contributed by atoms with van der Waals surface area (Å²) in [4.78, 5) is 8.65. The normalized spacial score (nSPS) is 11.6. The lowest BCUT2D eigenvalue weighted by molar-refractivity contribution is 0.688. The first-order valence-corrected chi connectivity index (χ1v) is 5.06. The van der Waals surface area contributed by atoms with Crippen LogP contribution in [0.25, 0.3) is 5.13 Å². The molecule has 0 radical (unpaired) electrons. The van der Waals surface area contributed by atoms with E-state index in [1.54, 1.807) is 4.68 Å². The van der Waals surface area contributed by atoms with Crippen molar-refractivity contribution in [3.63, 3.8) is 0 Å². The van der Waals surface area contributed by atoms with E-state index < -0.39 is 0 Å². The molecule has 0 fully saturated rings. The van der Waals surface area contributed by atoms with E-state index in [2.05, 4.69) is 15.1 Å². The summed E-state index contributed by atoms with van der Waals surface area (Å²) in [7, 11) is 0. The van der Waals surface area contributed by atoms with Crippen molar-refractivity contribution in [3.05, 3.63) is 23.2 Å². The number of thiazole rings is 1.